The molecule has 21 heavy (non-hydrogen) atoms. The molecule has 2 aromatic rings. The molecule has 1 atom stereocenters. The summed E-state index contributed by atoms with van der Waals surface area (Å²) in [6.45, 7) is 2.76. The molecule has 1 aliphatic heterocycles. The molecule has 0 saturated carbocycles. The summed E-state index contributed by atoms with van der Waals surface area (Å²) >= 11 is 6.02. The standard InChI is InChI=1S/C15H17ClN4O/c1-10-14(18-13-6-7-19(2)15(13)21)9-17-20(10)12-5-3-4-11(16)8-12/h3-5,8-9,13,18H,6-7H2,1-2H3. The maximum Gasteiger partial charge on any atom is 0.244 e. The van der Waals surface area contributed by atoms with E-state index in [0.29, 0.717) is 5.02 Å². The fraction of sp³-hybridized carbons (Fsp3) is 0.333. The summed E-state index contributed by atoms with van der Waals surface area (Å²) in [5.41, 5.74) is 2.74. The number of likely N-dealkylation sites (N-methyl/N-ethyl adjacent to an activating group) is 1. The first kappa shape index (κ1) is 13.9. The Morgan fingerprint density at radius 3 is 2.90 bits per heavy atom. The van der Waals surface area contributed by atoms with E-state index in [9.17, 15) is 4.79 Å². The zero-order chi connectivity index (χ0) is 15.0. The van der Waals surface area contributed by atoms with Crippen LogP contribution in [-0.4, -0.2) is 40.2 Å². The predicted molar refractivity (Wildman–Crippen MR) is 83.0 cm³/mol. The normalized spacial score (nSPS) is 18.3. The first-order valence-corrected chi connectivity index (χ1v) is 7.26. The second-order valence-electron chi connectivity index (χ2n) is 5.28. The smallest absolute Gasteiger partial charge is 0.244 e. The van der Waals surface area contributed by atoms with Crippen molar-refractivity contribution in [2.45, 2.75) is 19.4 Å². The van der Waals surface area contributed by atoms with E-state index in [4.69, 9.17) is 11.6 Å². The minimum atomic E-state index is -0.161. The third kappa shape index (κ3) is 2.61. The minimum Gasteiger partial charge on any atom is -0.371 e. The number of benzene rings is 1. The van der Waals surface area contributed by atoms with Gasteiger partial charge in [-0.1, -0.05) is 17.7 Å². The summed E-state index contributed by atoms with van der Waals surface area (Å²) in [5.74, 6) is 0.130. The lowest BCUT2D eigenvalue weighted by molar-refractivity contribution is -0.127. The average molecular weight is 305 g/mol. The van der Waals surface area contributed by atoms with Crippen LogP contribution in [0.25, 0.3) is 5.69 Å². The van der Waals surface area contributed by atoms with Crippen LogP contribution >= 0.6 is 11.6 Å². The van der Waals surface area contributed by atoms with Gasteiger partial charge in [-0.25, -0.2) is 4.68 Å². The van der Waals surface area contributed by atoms with Crippen molar-refractivity contribution in [2.75, 3.05) is 18.9 Å². The Morgan fingerprint density at radius 2 is 2.24 bits per heavy atom. The molecule has 1 fully saturated rings. The average Bonchev–Trinajstić information content (AvgIpc) is 2.97. The van der Waals surface area contributed by atoms with Crippen molar-refractivity contribution in [3.05, 3.63) is 41.2 Å². The van der Waals surface area contributed by atoms with Gasteiger partial charge in [0.1, 0.15) is 6.04 Å². The summed E-state index contributed by atoms with van der Waals surface area (Å²) in [4.78, 5) is 13.7. The first-order valence-electron chi connectivity index (χ1n) is 6.88. The number of carbonyl (C=O) groups excluding carboxylic acids is 1. The van der Waals surface area contributed by atoms with E-state index in [2.05, 4.69) is 10.4 Å². The molecule has 110 valence electrons. The summed E-state index contributed by atoms with van der Waals surface area (Å²) in [7, 11) is 1.83. The number of halogens is 1. The fourth-order valence-electron chi connectivity index (χ4n) is 2.56. The van der Waals surface area contributed by atoms with Crippen LogP contribution in [0.2, 0.25) is 5.02 Å². The Balaban J connectivity index is 1.85. The van der Waals surface area contributed by atoms with Crippen LogP contribution < -0.4 is 5.32 Å². The third-order valence-corrected chi connectivity index (χ3v) is 4.05. The lowest BCUT2D eigenvalue weighted by atomic mass is 10.2. The maximum atomic E-state index is 12.0. The number of rotatable bonds is 3. The van der Waals surface area contributed by atoms with Crippen molar-refractivity contribution in [1.82, 2.24) is 14.7 Å². The maximum absolute atomic E-state index is 12.0. The van der Waals surface area contributed by atoms with Crippen LogP contribution in [0.15, 0.2) is 30.5 Å². The molecule has 0 bridgehead atoms. The topological polar surface area (TPSA) is 50.2 Å². The molecule has 3 rings (SSSR count). The molecule has 1 aromatic heterocycles. The first-order chi connectivity index (χ1) is 10.1. The Labute approximate surface area is 128 Å². The monoisotopic (exact) mass is 304 g/mol. The van der Waals surface area contributed by atoms with E-state index < -0.39 is 0 Å². The van der Waals surface area contributed by atoms with Gasteiger partial charge in [0, 0.05) is 18.6 Å². The molecule has 1 amide bonds. The van der Waals surface area contributed by atoms with Gasteiger partial charge in [-0.05, 0) is 31.5 Å². The zero-order valence-electron chi connectivity index (χ0n) is 12.0. The van der Waals surface area contributed by atoms with E-state index in [1.165, 1.54) is 0 Å². The second-order valence-corrected chi connectivity index (χ2v) is 5.72. The van der Waals surface area contributed by atoms with Crippen LogP contribution in [0.5, 0.6) is 0 Å². The highest BCUT2D eigenvalue weighted by molar-refractivity contribution is 6.30. The van der Waals surface area contributed by atoms with E-state index in [0.717, 1.165) is 30.0 Å². The molecule has 1 aliphatic rings. The highest BCUT2D eigenvalue weighted by Crippen LogP contribution is 2.23. The van der Waals surface area contributed by atoms with E-state index in [-0.39, 0.29) is 11.9 Å². The van der Waals surface area contributed by atoms with Crippen molar-refractivity contribution in [3.8, 4) is 5.69 Å². The largest absolute Gasteiger partial charge is 0.371 e. The molecular weight excluding hydrogens is 288 g/mol. The quantitative estimate of drug-likeness (QED) is 0.948. The number of carbonyl (C=O) groups is 1. The van der Waals surface area contributed by atoms with Gasteiger partial charge in [0.25, 0.3) is 0 Å². The molecule has 0 aliphatic carbocycles. The van der Waals surface area contributed by atoms with Crippen LogP contribution in [0.4, 0.5) is 5.69 Å². The van der Waals surface area contributed by atoms with E-state index in [1.807, 2.05) is 42.9 Å². The highest BCUT2D eigenvalue weighted by atomic mass is 35.5. The number of nitrogens with zero attached hydrogens (tertiary/aromatic N) is 3. The molecule has 0 radical (unpaired) electrons. The van der Waals surface area contributed by atoms with E-state index in [1.54, 1.807) is 11.1 Å². The number of likely N-dealkylation sites (tertiary alicyclic amines) is 1. The second kappa shape index (κ2) is 5.41. The molecule has 6 heteroatoms. The molecule has 2 heterocycles. The lowest BCUT2D eigenvalue weighted by Gasteiger charge is -2.13. The lowest BCUT2D eigenvalue weighted by Crippen LogP contribution is -2.31. The molecule has 1 aromatic carbocycles. The Morgan fingerprint density at radius 1 is 1.43 bits per heavy atom. The molecule has 1 unspecified atom stereocenters. The van der Waals surface area contributed by atoms with Crippen molar-refractivity contribution in [2.24, 2.45) is 0 Å². The van der Waals surface area contributed by atoms with E-state index >= 15 is 0 Å². The minimum absolute atomic E-state index is 0.130. The molecule has 1 saturated heterocycles. The summed E-state index contributed by atoms with van der Waals surface area (Å²) in [5, 5.41) is 8.34. The molecule has 0 spiro atoms. The number of nitrogens with one attached hydrogen (secondary N) is 1. The summed E-state index contributed by atoms with van der Waals surface area (Å²) in [6.07, 6.45) is 2.57. The van der Waals surface area contributed by atoms with Crippen LogP contribution in [-0.2, 0) is 4.79 Å². The SMILES string of the molecule is Cc1c(NC2CCN(C)C2=O)cnn1-c1cccc(Cl)c1. The van der Waals surface area contributed by atoms with Crippen molar-refractivity contribution < 1.29 is 4.79 Å². The number of anilines is 1. The van der Waals surface area contributed by atoms with Gasteiger partial charge in [-0.15, -0.1) is 0 Å². The summed E-state index contributed by atoms with van der Waals surface area (Å²) < 4.78 is 1.82. The fourth-order valence-corrected chi connectivity index (χ4v) is 2.75. The molecule has 1 N–H and O–H groups in total. The Bertz CT molecular complexity index is 682. The Hall–Kier alpha value is -2.01. The predicted octanol–water partition coefficient (Wildman–Crippen LogP) is 2.48. The van der Waals surface area contributed by atoms with Crippen molar-refractivity contribution in [3.63, 3.8) is 0 Å². The van der Waals surface area contributed by atoms with Gasteiger partial charge in [0.15, 0.2) is 0 Å². The van der Waals surface area contributed by atoms with Gasteiger partial charge in [-0.2, -0.15) is 5.10 Å². The van der Waals surface area contributed by atoms with Gasteiger partial charge in [-0.3, -0.25) is 4.79 Å². The number of amides is 1. The van der Waals surface area contributed by atoms with Crippen LogP contribution in [0.1, 0.15) is 12.1 Å². The molecule has 5 nitrogen and oxygen atoms in total. The molecular formula is C15H17ClN4O. The van der Waals surface area contributed by atoms with Crippen molar-refractivity contribution >= 4 is 23.2 Å². The van der Waals surface area contributed by atoms with Gasteiger partial charge in [0.2, 0.25) is 5.91 Å². The number of hydrogen-bond donors (Lipinski definition) is 1. The van der Waals surface area contributed by atoms with Gasteiger partial charge in [0.05, 0.1) is 23.3 Å². The number of aromatic nitrogens is 2. The third-order valence-electron chi connectivity index (χ3n) is 3.82. The van der Waals surface area contributed by atoms with Gasteiger partial charge < -0.3 is 10.2 Å². The number of hydrogen-bond acceptors (Lipinski definition) is 3. The highest BCUT2D eigenvalue weighted by Gasteiger charge is 2.29. The Kier molecular flexibility index (Phi) is 3.59. The van der Waals surface area contributed by atoms with Crippen molar-refractivity contribution in [1.29, 1.82) is 0 Å². The zero-order valence-corrected chi connectivity index (χ0v) is 12.8. The van der Waals surface area contributed by atoms with Crippen LogP contribution in [0.3, 0.4) is 0 Å². The van der Waals surface area contributed by atoms with Crippen LogP contribution in [0, 0.1) is 6.92 Å². The summed E-state index contributed by atoms with van der Waals surface area (Å²) in [6, 6.07) is 7.37. The van der Waals surface area contributed by atoms with Gasteiger partial charge >= 0.3 is 0 Å².